The molecule has 0 aliphatic heterocycles. The highest BCUT2D eigenvalue weighted by molar-refractivity contribution is 8.00. The summed E-state index contributed by atoms with van der Waals surface area (Å²) >= 11 is 1.35. The smallest absolute Gasteiger partial charge is 0.262 e. The zero-order chi connectivity index (χ0) is 21.0. The molecule has 5 nitrogen and oxygen atoms in total. The zero-order valence-electron chi connectivity index (χ0n) is 17.3. The lowest BCUT2D eigenvalue weighted by Crippen LogP contribution is -2.34. The van der Waals surface area contributed by atoms with Gasteiger partial charge in [-0.3, -0.25) is 14.2 Å². The Balaban J connectivity index is 1.88. The molecule has 0 bridgehead atoms. The number of rotatable bonds is 7. The van der Waals surface area contributed by atoms with Gasteiger partial charge in [-0.2, -0.15) is 0 Å². The third-order valence-corrected chi connectivity index (χ3v) is 6.13. The van der Waals surface area contributed by atoms with Crippen molar-refractivity contribution in [2.75, 3.05) is 7.05 Å². The first-order valence-corrected chi connectivity index (χ1v) is 10.8. The first-order chi connectivity index (χ1) is 13.9. The average molecular weight is 410 g/mol. The van der Waals surface area contributed by atoms with Gasteiger partial charge in [0.15, 0.2) is 5.16 Å². The molecule has 2 aromatic carbocycles. The minimum Gasteiger partial charge on any atom is -0.340 e. The predicted octanol–water partition coefficient (Wildman–Crippen LogP) is 4.51. The number of thioether (sulfide) groups is 1. The van der Waals surface area contributed by atoms with Crippen molar-refractivity contribution in [3.63, 3.8) is 0 Å². The second-order valence-corrected chi connectivity index (χ2v) is 8.59. The number of fused-ring (bicyclic) bond motifs is 1. The maximum atomic E-state index is 13.1. The lowest BCUT2D eigenvalue weighted by atomic mass is 10.2. The first-order valence-electron chi connectivity index (χ1n) is 9.89. The molecule has 0 aliphatic carbocycles. The molecule has 1 aromatic heterocycles. The molecule has 0 N–H and O–H groups in total. The fourth-order valence-electron chi connectivity index (χ4n) is 3.23. The van der Waals surface area contributed by atoms with Crippen molar-refractivity contribution in [3.8, 4) is 0 Å². The van der Waals surface area contributed by atoms with Crippen LogP contribution in [0.1, 0.15) is 38.8 Å². The number of benzene rings is 2. The van der Waals surface area contributed by atoms with E-state index in [4.69, 9.17) is 4.98 Å². The Bertz CT molecular complexity index is 1050. The molecule has 3 rings (SSSR count). The van der Waals surface area contributed by atoms with E-state index >= 15 is 0 Å². The summed E-state index contributed by atoms with van der Waals surface area (Å²) in [6.45, 7) is 6.48. The monoisotopic (exact) mass is 409 g/mol. The quantitative estimate of drug-likeness (QED) is 0.426. The molecule has 0 unspecified atom stereocenters. The van der Waals surface area contributed by atoms with E-state index < -0.39 is 0 Å². The minimum absolute atomic E-state index is 0.00598. The van der Waals surface area contributed by atoms with E-state index in [0.717, 1.165) is 12.0 Å². The summed E-state index contributed by atoms with van der Waals surface area (Å²) in [5.74, 6) is 0.0111. The van der Waals surface area contributed by atoms with Gasteiger partial charge in [-0.25, -0.2) is 4.98 Å². The summed E-state index contributed by atoms with van der Waals surface area (Å²) in [4.78, 5) is 32.5. The first kappa shape index (κ1) is 21.1. The van der Waals surface area contributed by atoms with Crippen molar-refractivity contribution in [3.05, 3.63) is 70.5 Å². The highest BCUT2D eigenvalue weighted by Gasteiger charge is 2.23. The molecule has 2 atom stereocenters. The molecule has 1 amide bonds. The van der Waals surface area contributed by atoms with Crippen LogP contribution >= 0.6 is 11.8 Å². The molecule has 1 heterocycles. The van der Waals surface area contributed by atoms with Crippen LogP contribution in [-0.4, -0.2) is 32.7 Å². The van der Waals surface area contributed by atoms with Gasteiger partial charge in [0.25, 0.3) is 5.56 Å². The van der Waals surface area contributed by atoms with Gasteiger partial charge >= 0.3 is 0 Å². The van der Waals surface area contributed by atoms with E-state index in [-0.39, 0.29) is 22.8 Å². The number of hydrogen-bond donors (Lipinski definition) is 0. The average Bonchev–Trinajstić information content (AvgIpc) is 2.73. The van der Waals surface area contributed by atoms with Gasteiger partial charge in [0.1, 0.15) is 0 Å². The van der Waals surface area contributed by atoms with E-state index in [1.54, 1.807) is 15.5 Å². The second-order valence-electron chi connectivity index (χ2n) is 7.28. The van der Waals surface area contributed by atoms with E-state index in [0.29, 0.717) is 22.6 Å². The molecule has 0 fully saturated rings. The van der Waals surface area contributed by atoms with Crippen LogP contribution in [-0.2, 0) is 11.3 Å². The molecule has 0 saturated heterocycles. The van der Waals surface area contributed by atoms with Crippen LogP contribution in [0, 0.1) is 0 Å². The molecule has 0 aliphatic rings. The van der Waals surface area contributed by atoms with Crippen LogP contribution in [0.2, 0.25) is 0 Å². The molecule has 0 saturated carbocycles. The Morgan fingerprint density at radius 3 is 2.45 bits per heavy atom. The van der Waals surface area contributed by atoms with Crippen LogP contribution < -0.4 is 5.56 Å². The number of para-hydroxylation sites is 1. The van der Waals surface area contributed by atoms with E-state index in [1.807, 2.05) is 76.3 Å². The van der Waals surface area contributed by atoms with Crippen LogP contribution in [0.4, 0.5) is 0 Å². The summed E-state index contributed by atoms with van der Waals surface area (Å²) in [6.07, 6.45) is 0.809. The predicted molar refractivity (Wildman–Crippen MR) is 119 cm³/mol. The Hall–Kier alpha value is -2.60. The fourth-order valence-corrected chi connectivity index (χ4v) is 4.36. The number of carbonyl (C=O) groups excluding carboxylic acids is 1. The van der Waals surface area contributed by atoms with Crippen molar-refractivity contribution < 1.29 is 4.79 Å². The Morgan fingerprint density at radius 2 is 1.76 bits per heavy atom. The Labute approximate surface area is 175 Å². The van der Waals surface area contributed by atoms with Gasteiger partial charge in [0.2, 0.25) is 5.91 Å². The Morgan fingerprint density at radius 1 is 1.10 bits per heavy atom. The molecule has 6 heteroatoms. The number of carbonyl (C=O) groups is 1. The maximum absolute atomic E-state index is 13.1. The van der Waals surface area contributed by atoms with Gasteiger partial charge in [-0.05, 0) is 38.0 Å². The lowest BCUT2D eigenvalue weighted by Gasteiger charge is -2.23. The number of nitrogens with zero attached hydrogens (tertiary/aromatic N) is 3. The van der Waals surface area contributed by atoms with E-state index in [1.165, 1.54) is 11.8 Å². The minimum atomic E-state index is -0.355. The van der Waals surface area contributed by atoms with Gasteiger partial charge < -0.3 is 4.90 Å². The fraction of sp³-hybridized carbons (Fsp3) is 0.348. The highest BCUT2D eigenvalue weighted by Crippen LogP contribution is 2.27. The second kappa shape index (κ2) is 9.27. The van der Waals surface area contributed by atoms with Crippen LogP contribution in [0.15, 0.2) is 64.5 Å². The summed E-state index contributed by atoms with van der Waals surface area (Å²) in [5.41, 5.74) is 1.70. The zero-order valence-corrected chi connectivity index (χ0v) is 18.1. The lowest BCUT2D eigenvalue weighted by molar-refractivity contribution is -0.129. The SMILES string of the molecule is CC[C@H](C)n1c(S[C@H](C)C(=O)N(C)Cc2ccccc2)nc2ccccc2c1=O. The largest absolute Gasteiger partial charge is 0.340 e. The number of aromatic nitrogens is 2. The van der Waals surface area contributed by atoms with Gasteiger partial charge in [0, 0.05) is 19.6 Å². The topological polar surface area (TPSA) is 55.2 Å². The molecule has 152 valence electrons. The van der Waals surface area contributed by atoms with Gasteiger partial charge in [0.05, 0.1) is 16.2 Å². The summed E-state index contributed by atoms with van der Waals surface area (Å²) in [5, 5.41) is 0.849. The van der Waals surface area contributed by atoms with Crippen molar-refractivity contribution in [1.29, 1.82) is 0 Å². The van der Waals surface area contributed by atoms with Crippen molar-refractivity contribution >= 4 is 28.6 Å². The van der Waals surface area contributed by atoms with Gasteiger partial charge in [-0.15, -0.1) is 0 Å². The van der Waals surface area contributed by atoms with Crippen LogP contribution in [0.5, 0.6) is 0 Å². The Kier molecular flexibility index (Phi) is 6.75. The number of hydrogen-bond acceptors (Lipinski definition) is 4. The summed E-state index contributed by atoms with van der Waals surface area (Å²) < 4.78 is 1.73. The maximum Gasteiger partial charge on any atom is 0.262 e. The molecule has 0 radical (unpaired) electrons. The third-order valence-electron chi connectivity index (χ3n) is 5.08. The molecular weight excluding hydrogens is 382 g/mol. The molecular formula is C23H27N3O2S. The van der Waals surface area contributed by atoms with Crippen molar-refractivity contribution in [1.82, 2.24) is 14.5 Å². The molecule has 29 heavy (non-hydrogen) atoms. The van der Waals surface area contributed by atoms with E-state index in [2.05, 4.69) is 0 Å². The van der Waals surface area contributed by atoms with Crippen molar-refractivity contribution in [2.45, 2.75) is 50.2 Å². The standard InChI is InChI=1S/C23H27N3O2S/c1-5-16(2)26-22(28)19-13-9-10-14-20(19)24-23(26)29-17(3)21(27)25(4)15-18-11-7-6-8-12-18/h6-14,16-17H,5,15H2,1-4H3/t16-,17+/m0/s1. The van der Waals surface area contributed by atoms with E-state index in [9.17, 15) is 9.59 Å². The highest BCUT2D eigenvalue weighted by atomic mass is 32.2. The normalized spacial score (nSPS) is 13.2. The summed E-state index contributed by atoms with van der Waals surface area (Å²) in [7, 11) is 1.81. The van der Waals surface area contributed by atoms with Crippen LogP contribution in [0.3, 0.4) is 0 Å². The van der Waals surface area contributed by atoms with Crippen LogP contribution in [0.25, 0.3) is 10.9 Å². The molecule has 3 aromatic rings. The summed E-state index contributed by atoms with van der Waals surface area (Å²) in [6, 6.07) is 17.3. The van der Waals surface area contributed by atoms with Gasteiger partial charge in [-0.1, -0.05) is 61.2 Å². The molecule has 0 spiro atoms. The number of amides is 1. The van der Waals surface area contributed by atoms with Crippen molar-refractivity contribution in [2.24, 2.45) is 0 Å². The third kappa shape index (κ3) is 4.70.